The van der Waals surface area contributed by atoms with Gasteiger partial charge in [0.1, 0.15) is 0 Å². The normalized spacial score (nSPS) is 14.1. The summed E-state index contributed by atoms with van der Waals surface area (Å²) in [7, 11) is -3.44. The summed E-state index contributed by atoms with van der Waals surface area (Å²) in [6.45, 7) is 8.32. The zero-order chi connectivity index (χ0) is 12.8. The molecule has 0 aromatic rings. The molecule has 5 heteroatoms. The Morgan fingerprint density at radius 1 is 1.25 bits per heavy atom. The molecule has 0 bridgehead atoms. The first-order valence-electron chi connectivity index (χ1n) is 5.82. The summed E-state index contributed by atoms with van der Waals surface area (Å²) in [5.41, 5.74) is 0. The van der Waals surface area contributed by atoms with E-state index in [2.05, 4.69) is 13.8 Å². The molecule has 0 radical (unpaired) electrons. The monoisotopic (exact) mass is 246 g/mol. The molecule has 0 aromatic carbocycles. The van der Waals surface area contributed by atoms with Crippen LogP contribution in [0.2, 0.25) is 0 Å². The Labute approximate surface area is 99.3 Å². The molecule has 0 aromatic heterocycles. The molecule has 0 aliphatic heterocycles. The van der Waals surface area contributed by atoms with Crippen LogP contribution in [-0.4, -0.2) is 31.1 Å². The lowest BCUT2D eigenvalue weighted by Gasteiger charge is -2.25. The molecule has 1 atom stereocenters. The highest BCUT2D eigenvalue weighted by Crippen LogP contribution is 2.15. The van der Waals surface area contributed by atoms with Crippen molar-refractivity contribution < 1.29 is 8.42 Å². The van der Waals surface area contributed by atoms with E-state index >= 15 is 0 Å². The van der Waals surface area contributed by atoms with Crippen molar-refractivity contribution in [1.29, 1.82) is 5.26 Å². The summed E-state index contributed by atoms with van der Waals surface area (Å²) in [4.78, 5) is 0. The Morgan fingerprint density at radius 2 is 1.75 bits per heavy atom. The Bertz CT molecular complexity index is 328. The van der Waals surface area contributed by atoms with Gasteiger partial charge in [-0.25, -0.2) is 12.7 Å². The zero-order valence-corrected chi connectivity index (χ0v) is 11.4. The van der Waals surface area contributed by atoms with Crippen LogP contribution < -0.4 is 0 Å². The van der Waals surface area contributed by atoms with Crippen LogP contribution >= 0.6 is 0 Å². The second-order valence-electron chi connectivity index (χ2n) is 3.95. The van der Waals surface area contributed by atoms with Gasteiger partial charge in [0.25, 0.3) is 0 Å². The number of sulfonamides is 1. The highest BCUT2D eigenvalue weighted by molar-refractivity contribution is 7.89. The minimum Gasteiger partial charge on any atom is -0.211 e. The second-order valence-corrected chi connectivity index (χ2v) is 6.20. The predicted octanol–water partition coefficient (Wildman–Crippen LogP) is 1.99. The third-order valence-electron chi connectivity index (χ3n) is 2.96. The molecule has 0 rings (SSSR count). The van der Waals surface area contributed by atoms with Gasteiger partial charge in [-0.2, -0.15) is 5.26 Å². The fourth-order valence-corrected chi connectivity index (χ4v) is 2.90. The molecule has 0 fully saturated rings. The predicted molar refractivity (Wildman–Crippen MR) is 65.3 cm³/mol. The first kappa shape index (κ1) is 15.4. The maximum atomic E-state index is 12.0. The van der Waals surface area contributed by atoms with E-state index in [1.54, 1.807) is 6.07 Å². The van der Waals surface area contributed by atoms with Crippen molar-refractivity contribution in [3.63, 3.8) is 0 Å². The molecule has 0 aliphatic carbocycles. The number of nitriles is 1. The molecule has 16 heavy (non-hydrogen) atoms. The number of hydrogen-bond donors (Lipinski definition) is 0. The molecular formula is C11H22N2O2S. The van der Waals surface area contributed by atoms with Crippen molar-refractivity contribution in [2.24, 2.45) is 5.92 Å². The van der Waals surface area contributed by atoms with Crippen LogP contribution in [0.5, 0.6) is 0 Å². The van der Waals surface area contributed by atoms with Gasteiger partial charge >= 0.3 is 0 Å². The van der Waals surface area contributed by atoms with E-state index in [1.807, 2.05) is 6.92 Å². The van der Waals surface area contributed by atoms with E-state index in [-0.39, 0.29) is 0 Å². The molecular weight excluding hydrogens is 224 g/mol. The summed E-state index contributed by atoms with van der Waals surface area (Å²) in [6.07, 6.45) is 1.92. The largest absolute Gasteiger partial charge is 0.230 e. The van der Waals surface area contributed by atoms with Gasteiger partial charge in [-0.05, 0) is 12.8 Å². The van der Waals surface area contributed by atoms with E-state index in [4.69, 9.17) is 5.26 Å². The molecule has 0 aliphatic rings. The van der Waals surface area contributed by atoms with Crippen molar-refractivity contribution in [3.8, 4) is 6.07 Å². The lowest BCUT2D eigenvalue weighted by molar-refractivity contribution is 0.338. The molecule has 0 heterocycles. The van der Waals surface area contributed by atoms with Crippen molar-refractivity contribution >= 4 is 10.0 Å². The molecule has 0 amide bonds. The topological polar surface area (TPSA) is 61.2 Å². The van der Waals surface area contributed by atoms with Crippen molar-refractivity contribution in [2.75, 3.05) is 13.1 Å². The van der Waals surface area contributed by atoms with Gasteiger partial charge in [-0.15, -0.1) is 0 Å². The lowest BCUT2D eigenvalue weighted by Crippen LogP contribution is -2.39. The van der Waals surface area contributed by atoms with Gasteiger partial charge in [-0.3, -0.25) is 0 Å². The highest BCUT2D eigenvalue weighted by atomic mass is 32.2. The van der Waals surface area contributed by atoms with Gasteiger partial charge in [0.15, 0.2) is 5.25 Å². The third kappa shape index (κ3) is 3.76. The van der Waals surface area contributed by atoms with Gasteiger partial charge in [0.05, 0.1) is 6.07 Å². The summed E-state index contributed by atoms with van der Waals surface area (Å²) in [6, 6.07) is 1.80. The maximum Gasteiger partial charge on any atom is 0.230 e. The quantitative estimate of drug-likeness (QED) is 0.690. The lowest BCUT2D eigenvalue weighted by atomic mass is 10.0. The molecule has 4 nitrogen and oxygen atoms in total. The van der Waals surface area contributed by atoms with E-state index in [0.717, 1.165) is 12.8 Å². The standard InChI is InChI=1S/C11H22N2O2S/c1-5-11(6-2)9-13(7-3)16(14,15)10(4)8-12/h10-11H,5-7,9H2,1-4H3. The van der Waals surface area contributed by atoms with Crippen molar-refractivity contribution in [1.82, 2.24) is 4.31 Å². The number of hydrogen-bond acceptors (Lipinski definition) is 3. The van der Waals surface area contributed by atoms with E-state index < -0.39 is 15.3 Å². The van der Waals surface area contributed by atoms with Crippen LogP contribution in [0, 0.1) is 17.2 Å². The van der Waals surface area contributed by atoms with Crippen molar-refractivity contribution in [3.05, 3.63) is 0 Å². The van der Waals surface area contributed by atoms with Crippen molar-refractivity contribution in [2.45, 2.75) is 45.8 Å². The highest BCUT2D eigenvalue weighted by Gasteiger charge is 2.28. The van der Waals surface area contributed by atoms with Crippen LogP contribution in [0.25, 0.3) is 0 Å². The van der Waals surface area contributed by atoms with E-state index in [1.165, 1.54) is 11.2 Å². The second kappa shape index (κ2) is 6.87. The minimum atomic E-state index is -3.44. The summed E-state index contributed by atoms with van der Waals surface area (Å²) >= 11 is 0. The third-order valence-corrected chi connectivity index (χ3v) is 5.08. The van der Waals surface area contributed by atoms with E-state index in [0.29, 0.717) is 19.0 Å². The maximum absolute atomic E-state index is 12.0. The van der Waals surface area contributed by atoms with Crippen LogP contribution in [0.3, 0.4) is 0 Å². The fourth-order valence-electron chi connectivity index (χ4n) is 1.54. The molecule has 1 unspecified atom stereocenters. The molecule has 0 N–H and O–H groups in total. The van der Waals surface area contributed by atoms with E-state index in [9.17, 15) is 8.42 Å². The fraction of sp³-hybridized carbons (Fsp3) is 0.909. The Kier molecular flexibility index (Phi) is 6.61. The molecule has 0 saturated heterocycles. The Hall–Kier alpha value is -0.600. The summed E-state index contributed by atoms with van der Waals surface area (Å²) in [5.74, 6) is 0.376. The smallest absolute Gasteiger partial charge is 0.211 e. The van der Waals surface area contributed by atoms with Crippen LogP contribution in [0.4, 0.5) is 0 Å². The van der Waals surface area contributed by atoms with Crippen LogP contribution in [0.15, 0.2) is 0 Å². The summed E-state index contributed by atoms with van der Waals surface area (Å²) < 4.78 is 25.4. The average molecular weight is 246 g/mol. The molecule has 94 valence electrons. The Balaban J connectivity index is 4.81. The van der Waals surface area contributed by atoms with Gasteiger partial charge < -0.3 is 0 Å². The number of nitrogens with zero attached hydrogens (tertiary/aromatic N) is 2. The molecule has 0 saturated carbocycles. The van der Waals surface area contributed by atoms with Crippen LogP contribution in [0.1, 0.15) is 40.5 Å². The molecule has 0 spiro atoms. The van der Waals surface area contributed by atoms with Gasteiger partial charge in [-0.1, -0.05) is 33.6 Å². The Morgan fingerprint density at radius 3 is 2.06 bits per heavy atom. The zero-order valence-electron chi connectivity index (χ0n) is 10.6. The average Bonchev–Trinajstić information content (AvgIpc) is 2.29. The first-order valence-corrected chi connectivity index (χ1v) is 7.32. The first-order chi connectivity index (χ1) is 7.43. The van der Waals surface area contributed by atoms with Crippen LogP contribution in [-0.2, 0) is 10.0 Å². The number of rotatable bonds is 7. The SMILES string of the molecule is CCC(CC)CN(CC)S(=O)(=O)C(C)C#N. The van der Waals surface area contributed by atoms with Gasteiger partial charge in [0, 0.05) is 13.1 Å². The summed E-state index contributed by atoms with van der Waals surface area (Å²) in [5, 5.41) is 7.75. The van der Waals surface area contributed by atoms with Gasteiger partial charge in [0.2, 0.25) is 10.0 Å². The minimum absolute atomic E-state index is 0.376.